The Morgan fingerprint density at radius 2 is 1.77 bits per heavy atom. The number of nitrogens with zero attached hydrogens (tertiary/aromatic N) is 1. The molecule has 6 heteroatoms. The molecule has 1 aromatic heterocycles. The highest BCUT2D eigenvalue weighted by molar-refractivity contribution is 6.00. The van der Waals surface area contributed by atoms with Crippen molar-refractivity contribution >= 4 is 22.6 Å². The predicted octanol–water partition coefficient (Wildman–Crippen LogP) is 5.22. The Morgan fingerprint density at radius 1 is 1.07 bits per heavy atom. The van der Waals surface area contributed by atoms with Crippen LogP contribution in [0.2, 0.25) is 0 Å². The second-order valence-corrected chi connectivity index (χ2v) is 8.48. The summed E-state index contributed by atoms with van der Waals surface area (Å²) in [4.78, 5) is 12.3. The van der Waals surface area contributed by atoms with Gasteiger partial charge >= 0.3 is 0 Å². The second-order valence-electron chi connectivity index (χ2n) is 8.48. The Bertz CT molecular complexity index is 1040. The average Bonchev–Trinajstić information content (AvgIpc) is 3.08. The Kier molecular flexibility index (Phi) is 6.45. The van der Waals surface area contributed by atoms with Crippen LogP contribution in [0.25, 0.3) is 10.9 Å². The number of benzene rings is 2. The second kappa shape index (κ2) is 9.03. The van der Waals surface area contributed by atoms with Crippen molar-refractivity contribution in [3.8, 4) is 11.5 Å². The number of carbonyl (C=O) groups is 1. The van der Waals surface area contributed by atoms with Crippen molar-refractivity contribution < 1.29 is 14.3 Å². The normalized spacial score (nSPS) is 11.2. The Balaban J connectivity index is 1.58. The number of H-pyrrole nitrogens is 1. The van der Waals surface area contributed by atoms with Crippen molar-refractivity contribution in [2.45, 2.75) is 40.0 Å². The van der Waals surface area contributed by atoms with Crippen molar-refractivity contribution in [1.29, 1.82) is 0 Å². The minimum Gasteiger partial charge on any atom is -0.489 e. The number of aromatic amines is 1. The number of aromatic nitrogens is 2. The summed E-state index contributed by atoms with van der Waals surface area (Å²) in [7, 11) is 0. The van der Waals surface area contributed by atoms with Gasteiger partial charge in [-0.1, -0.05) is 38.5 Å². The zero-order chi connectivity index (χ0) is 21.7. The Hall–Kier alpha value is -3.28. The number of allylic oxidation sites excluding steroid dienone is 1. The topological polar surface area (TPSA) is 76.2 Å². The van der Waals surface area contributed by atoms with Crippen molar-refractivity contribution in [2.75, 3.05) is 18.5 Å². The van der Waals surface area contributed by atoms with Gasteiger partial charge in [0.1, 0.15) is 18.1 Å². The number of hydrogen-bond acceptors (Lipinski definition) is 4. The number of anilines is 1. The maximum absolute atomic E-state index is 12.3. The molecule has 6 nitrogen and oxygen atoms in total. The van der Waals surface area contributed by atoms with E-state index < -0.39 is 0 Å². The number of hydrogen-bond donors (Lipinski definition) is 2. The standard InChI is InChI=1S/C24H29N3O3/c1-16(2)12-13-29-19-10-11-20-21(14-19)26-27-23(20)25-22(28)15-30-18-8-6-17(7-9-18)24(3,4)5/h6-12,14H,13,15H2,1-5H3,(H2,25,26,27,28). The lowest BCUT2D eigenvalue weighted by Crippen LogP contribution is -2.20. The third-order valence-electron chi connectivity index (χ3n) is 4.62. The molecule has 0 aliphatic rings. The van der Waals surface area contributed by atoms with Crippen LogP contribution >= 0.6 is 0 Å². The number of fused-ring (bicyclic) bond motifs is 1. The monoisotopic (exact) mass is 407 g/mol. The van der Waals surface area contributed by atoms with E-state index in [1.165, 1.54) is 11.1 Å². The molecule has 1 heterocycles. The van der Waals surface area contributed by atoms with Gasteiger partial charge in [0.25, 0.3) is 5.91 Å². The van der Waals surface area contributed by atoms with Crippen molar-refractivity contribution in [2.24, 2.45) is 0 Å². The molecule has 0 atom stereocenters. The van der Waals surface area contributed by atoms with Gasteiger partial charge in [-0.25, -0.2) is 0 Å². The first-order valence-electron chi connectivity index (χ1n) is 10.00. The van der Waals surface area contributed by atoms with Crippen molar-refractivity contribution in [3.63, 3.8) is 0 Å². The van der Waals surface area contributed by atoms with Gasteiger partial charge in [0.15, 0.2) is 12.4 Å². The van der Waals surface area contributed by atoms with Gasteiger partial charge in [-0.05, 0) is 55.2 Å². The summed E-state index contributed by atoms with van der Waals surface area (Å²) >= 11 is 0. The summed E-state index contributed by atoms with van der Waals surface area (Å²) in [6, 6.07) is 13.4. The van der Waals surface area contributed by atoms with Crippen molar-refractivity contribution in [1.82, 2.24) is 10.2 Å². The van der Waals surface area contributed by atoms with Crippen LogP contribution in [0.4, 0.5) is 5.82 Å². The summed E-state index contributed by atoms with van der Waals surface area (Å²) in [6.07, 6.45) is 2.01. The minimum absolute atomic E-state index is 0.0768. The molecule has 0 radical (unpaired) electrons. The van der Waals surface area contributed by atoms with Crippen LogP contribution < -0.4 is 14.8 Å². The van der Waals surface area contributed by atoms with Crippen LogP contribution in [0.5, 0.6) is 11.5 Å². The van der Waals surface area contributed by atoms with Gasteiger partial charge < -0.3 is 14.8 Å². The molecule has 158 valence electrons. The molecule has 30 heavy (non-hydrogen) atoms. The highest BCUT2D eigenvalue weighted by Gasteiger charge is 2.14. The van der Waals surface area contributed by atoms with E-state index in [9.17, 15) is 4.79 Å². The first-order chi connectivity index (χ1) is 14.2. The van der Waals surface area contributed by atoms with Crippen LogP contribution in [-0.2, 0) is 10.2 Å². The number of rotatable bonds is 7. The molecular weight excluding hydrogens is 378 g/mol. The molecule has 1 amide bonds. The molecule has 2 N–H and O–H groups in total. The Morgan fingerprint density at radius 3 is 2.43 bits per heavy atom. The first-order valence-corrected chi connectivity index (χ1v) is 10.00. The molecular formula is C24H29N3O3. The van der Waals surface area contributed by atoms with Crippen LogP contribution in [-0.4, -0.2) is 29.3 Å². The van der Waals surface area contributed by atoms with Crippen LogP contribution in [0.15, 0.2) is 54.1 Å². The summed E-state index contributed by atoms with van der Waals surface area (Å²) < 4.78 is 11.3. The molecule has 3 rings (SSSR count). The largest absolute Gasteiger partial charge is 0.489 e. The summed E-state index contributed by atoms with van der Waals surface area (Å²) in [5.41, 5.74) is 3.29. The lowest BCUT2D eigenvalue weighted by molar-refractivity contribution is -0.118. The minimum atomic E-state index is -0.271. The maximum atomic E-state index is 12.3. The van der Waals surface area contributed by atoms with Crippen LogP contribution in [0.3, 0.4) is 0 Å². The van der Waals surface area contributed by atoms with Gasteiger partial charge in [0.2, 0.25) is 0 Å². The third-order valence-corrected chi connectivity index (χ3v) is 4.62. The quantitative estimate of drug-likeness (QED) is 0.526. The lowest BCUT2D eigenvalue weighted by Gasteiger charge is -2.19. The van der Waals surface area contributed by atoms with E-state index in [0.717, 1.165) is 16.7 Å². The van der Waals surface area contributed by atoms with E-state index in [1.807, 2.05) is 62.4 Å². The molecule has 0 spiro atoms. The van der Waals surface area contributed by atoms with E-state index in [0.29, 0.717) is 18.2 Å². The number of amides is 1. The predicted molar refractivity (Wildman–Crippen MR) is 120 cm³/mol. The zero-order valence-corrected chi connectivity index (χ0v) is 18.2. The van der Waals surface area contributed by atoms with Crippen molar-refractivity contribution in [3.05, 3.63) is 59.7 Å². The molecule has 0 saturated heterocycles. The number of ether oxygens (including phenoxy) is 2. The van der Waals surface area contributed by atoms with E-state index >= 15 is 0 Å². The van der Waals surface area contributed by atoms with Gasteiger partial charge in [-0.15, -0.1) is 0 Å². The molecule has 0 bridgehead atoms. The molecule has 2 aromatic carbocycles. The van der Waals surface area contributed by atoms with Gasteiger partial charge in [0, 0.05) is 11.5 Å². The molecule has 0 saturated carbocycles. The van der Waals surface area contributed by atoms with Gasteiger partial charge in [0.05, 0.1) is 5.52 Å². The summed E-state index contributed by atoms with van der Waals surface area (Å²) in [6.45, 7) is 10.9. The maximum Gasteiger partial charge on any atom is 0.263 e. The fourth-order valence-electron chi connectivity index (χ4n) is 2.86. The van der Waals surface area contributed by atoms with E-state index in [4.69, 9.17) is 9.47 Å². The Labute approximate surface area is 177 Å². The lowest BCUT2D eigenvalue weighted by atomic mass is 9.87. The molecule has 3 aromatic rings. The molecule has 0 aliphatic carbocycles. The SMILES string of the molecule is CC(C)=CCOc1ccc2c(NC(=O)COc3ccc(C(C)(C)C)cc3)n[nH]c2c1. The number of carbonyl (C=O) groups excluding carboxylic acids is 1. The third kappa shape index (κ3) is 5.63. The smallest absolute Gasteiger partial charge is 0.263 e. The summed E-state index contributed by atoms with van der Waals surface area (Å²) in [5, 5.41) is 10.7. The number of nitrogens with one attached hydrogen (secondary N) is 2. The van der Waals surface area contributed by atoms with E-state index in [2.05, 4.69) is 36.3 Å². The van der Waals surface area contributed by atoms with Crippen LogP contribution in [0, 0.1) is 0 Å². The summed E-state index contributed by atoms with van der Waals surface area (Å²) in [5.74, 6) is 1.59. The fourth-order valence-corrected chi connectivity index (χ4v) is 2.86. The highest BCUT2D eigenvalue weighted by atomic mass is 16.5. The molecule has 0 aliphatic heterocycles. The average molecular weight is 408 g/mol. The zero-order valence-electron chi connectivity index (χ0n) is 18.2. The van der Waals surface area contributed by atoms with Crippen LogP contribution in [0.1, 0.15) is 40.2 Å². The first kappa shape index (κ1) is 21.4. The molecule has 0 unspecified atom stereocenters. The van der Waals surface area contributed by atoms with Gasteiger partial charge in [-0.3, -0.25) is 9.89 Å². The molecule has 0 fully saturated rings. The highest BCUT2D eigenvalue weighted by Crippen LogP contribution is 2.26. The van der Waals surface area contributed by atoms with E-state index in [-0.39, 0.29) is 17.9 Å². The van der Waals surface area contributed by atoms with E-state index in [1.54, 1.807) is 0 Å². The van der Waals surface area contributed by atoms with Gasteiger partial charge in [-0.2, -0.15) is 5.10 Å². The fraction of sp³-hybridized carbons (Fsp3) is 0.333.